The Morgan fingerprint density at radius 2 is 1.91 bits per heavy atom. The number of halogens is 3. The lowest BCUT2D eigenvalue weighted by molar-refractivity contribution is -0.137. The van der Waals surface area contributed by atoms with Gasteiger partial charge < -0.3 is 25.2 Å². The number of nitrogens with one attached hydrogen (secondary N) is 2. The number of amides is 1. The average Bonchev–Trinajstić information content (AvgIpc) is 3.36. The van der Waals surface area contributed by atoms with Gasteiger partial charge in [0.15, 0.2) is 9.84 Å². The molecule has 232 valence electrons. The van der Waals surface area contributed by atoms with E-state index in [2.05, 4.69) is 30.5 Å². The first kappa shape index (κ1) is 28.1. The van der Waals surface area contributed by atoms with Crippen LogP contribution in [0.2, 0.25) is 0 Å². The van der Waals surface area contributed by atoms with Crippen molar-refractivity contribution >= 4 is 44.7 Å². The van der Waals surface area contributed by atoms with Gasteiger partial charge in [-0.15, -0.1) is 11.3 Å². The largest absolute Gasteiger partial charge is 0.420 e. The number of anilines is 3. The smallest absolute Gasteiger partial charge is 0.377 e. The zero-order chi connectivity index (χ0) is 30.4. The van der Waals surface area contributed by atoms with E-state index in [-0.39, 0.29) is 58.1 Å². The summed E-state index contributed by atoms with van der Waals surface area (Å²) >= 11 is 0.689. The van der Waals surface area contributed by atoms with Crippen molar-refractivity contribution < 1.29 is 31.1 Å². The molecule has 3 saturated heterocycles. The number of rotatable bonds is 6. The van der Waals surface area contributed by atoms with Crippen molar-refractivity contribution in [2.75, 3.05) is 48.8 Å². The topological polar surface area (TPSA) is 143 Å². The Bertz CT molecular complexity index is 1780. The molecule has 2 bridgehead atoms. The van der Waals surface area contributed by atoms with Gasteiger partial charge >= 0.3 is 6.18 Å². The first-order valence-corrected chi connectivity index (χ1v) is 16.9. The first-order valence-electron chi connectivity index (χ1n) is 14.4. The third-order valence-electron chi connectivity index (χ3n) is 8.81. The minimum absolute atomic E-state index is 0.0125. The van der Waals surface area contributed by atoms with Gasteiger partial charge in [-0.25, -0.2) is 28.4 Å². The molecule has 0 unspecified atom stereocenters. The molecule has 1 aliphatic carbocycles. The predicted octanol–water partition coefficient (Wildman–Crippen LogP) is 2.81. The number of alkyl halides is 3. The van der Waals surface area contributed by atoms with Crippen molar-refractivity contribution in [3.8, 4) is 10.6 Å². The lowest BCUT2D eigenvalue weighted by Crippen LogP contribution is -2.52. The fourth-order valence-corrected chi connectivity index (χ4v) is 9.15. The molecule has 12 nitrogen and oxygen atoms in total. The van der Waals surface area contributed by atoms with E-state index in [1.54, 1.807) is 6.20 Å². The van der Waals surface area contributed by atoms with E-state index in [0.29, 0.717) is 41.3 Å². The van der Waals surface area contributed by atoms with Crippen molar-refractivity contribution in [1.29, 1.82) is 0 Å². The van der Waals surface area contributed by atoms with Crippen molar-refractivity contribution in [2.45, 2.75) is 54.4 Å². The van der Waals surface area contributed by atoms with Crippen molar-refractivity contribution in [3.63, 3.8) is 0 Å². The second kappa shape index (κ2) is 10.1. The minimum atomic E-state index is -4.83. The predicted molar refractivity (Wildman–Crippen MR) is 153 cm³/mol. The minimum Gasteiger partial charge on any atom is -0.377 e. The molecule has 5 aliphatic rings. The lowest BCUT2D eigenvalue weighted by atomic mass is 10.2. The molecule has 2 atom stereocenters. The summed E-state index contributed by atoms with van der Waals surface area (Å²) in [5.41, 5.74) is -0.390. The van der Waals surface area contributed by atoms with Crippen LogP contribution in [-0.4, -0.2) is 95.9 Å². The molecule has 1 saturated carbocycles. The second-order valence-corrected chi connectivity index (χ2v) is 14.9. The van der Waals surface area contributed by atoms with Crippen LogP contribution in [0, 0.1) is 0 Å². The molecule has 0 spiro atoms. The summed E-state index contributed by atoms with van der Waals surface area (Å²) in [4.78, 5) is 34.1. The molecule has 3 aromatic rings. The molecule has 7 heterocycles. The molecule has 0 radical (unpaired) electrons. The normalized spacial score (nSPS) is 24.8. The van der Waals surface area contributed by atoms with Crippen LogP contribution in [0.1, 0.15) is 46.1 Å². The molecule has 8 rings (SSSR count). The Hall–Kier alpha value is -3.41. The number of sulfone groups is 1. The highest BCUT2D eigenvalue weighted by Crippen LogP contribution is 2.45. The molecule has 1 amide bonds. The summed E-state index contributed by atoms with van der Waals surface area (Å²) in [6.07, 6.45) is 0.366. The highest BCUT2D eigenvalue weighted by Gasteiger charge is 2.42. The SMILES string of the molecule is O=C1c2sc(-c3nc(Nc4cnc(N5C[C@H]6C[C@@H]5CN6)nc4C4CC4)ncc3C(F)(F)F)cc2S(=O)(=O)CCN1C1COC1. The Balaban J connectivity index is 1.16. The maximum atomic E-state index is 14.2. The van der Waals surface area contributed by atoms with Gasteiger partial charge in [0.25, 0.3) is 5.91 Å². The summed E-state index contributed by atoms with van der Waals surface area (Å²) < 4.78 is 74.0. The fraction of sp³-hybridized carbons (Fsp3) is 0.519. The zero-order valence-corrected chi connectivity index (χ0v) is 24.8. The third kappa shape index (κ3) is 4.80. The quantitative estimate of drug-likeness (QED) is 0.408. The van der Waals surface area contributed by atoms with Crippen LogP contribution < -0.4 is 15.5 Å². The van der Waals surface area contributed by atoms with E-state index in [4.69, 9.17) is 9.72 Å². The summed E-state index contributed by atoms with van der Waals surface area (Å²) in [5.74, 6) is -0.175. The molecule has 2 N–H and O–H groups in total. The number of piperazine rings is 1. The molecule has 0 aromatic carbocycles. The van der Waals surface area contributed by atoms with Gasteiger partial charge in [0.05, 0.1) is 58.1 Å². The van der Waals surface area contributed by atoms with Crippen LogP contribution in [0.5, 0.6) is 0 Å². The van der Waals surface area contributed by atoms with Crippen LogP contribution in [0.25, 0.3) is 10.6 Å². The molecule has 4 aliphatic heterocycles. The average molecular weight is 649 g/mol. The summed E-state index contributed by atoms with van der Waals surface area (Å²) in [6.45, 7) is 2.25. The van der Waals surface area contributed by atoms with Gasteiger partial charge in [-0.1, -0.05) is 0 Å². The Kier molecular flexibility index (Phi) is 6.42. The van der Waals surface area contributed by atoms with E-state index in [1.165, 1.54) is 4.90 Å². The number of ether oxygens (including phenoxy) is 1. The van der Waals surface area contributed by atoms with Crippen LogP contribution in [0.15, 0.2) is 23.4 Å². The maximum Gasteiger partial charge on any atom is 0.420 e. The fourth-order valence-electron chi connectivity index (χ4n) is 6.23. The standard InChI is InChI=1S/C27H27F3N8O4S2/c28-27(29,30)17-8-32-25(34-18-9-33-26(36-21(18)13-1-2-13)38-10-14-5-15(38)7-31-14)35-22(17)19-6-20-23(43-19)24(39)37(16-11-42-12-16)3-4-44(20,40)41/h6,8-9,13-16,31H,1-5,7,10-12H2,(H,32,34,35)/t14-,15-/m1/s1. The van der Waals surface area contributed by atoms with Crippen LogP contribution in [0.3, 0.4) is 0 Å². The highest BCUT2D eigenvalue weighted by molar-refractivity contribution is 7.91. The maximum absolute atomic E-state index is 14.2. The molecule has 17 heteroatoms. The van der Waals surface area contributed by atoms with E-state index < -0.39 is 33.2 Å². The van der Waals surface area contributed by atoms with Crippen molar-refractivity contribution in [1.82, 2.24) is 30.2 Å². The number of nitrogens with zero attached hydrogens (tertiary/aromatic N) is 6. The van der Waals surface area contributed by atoms with E-state index in [0.717, 1.165) is 44.1 Å². The van der Waals surface area contributed by atoms with E-state index in [1.807, 2.05) is 0 Å². The monoisotopic (exact) mass is 648 g/mol. The van der Waals surface area contributed by atoms with Gasteiger partial charge in [-0.2, -0.15) is 13.2 Å². The van der Waals surface area contributed by atoms with Crippen molar-refractivity contribution in [3.05, 3.63) is 34.6 Å². The second-order valence-electron chi connectivity index (χ2n) is 11.8. The molecular formula is C27H27F3N8O4S2. The molecule has 3 aromatic heterocycles. The van der Waals surface area contributed by atoms with Gasteiger partial charge in [-0.05, 0) is 25.3 Å². The van der Waals surface area contributed by atoms with Gasteiger partial charge in [0.2, 0.25) is 11.9 Å². The van der Waals surface area contributed by atoms with E-state index >= 15 is 0 Å². The van der Waals surface area contributed by atoms with Crippen LogP contribution in [-0.2, 0) is 20.8 Å². The Morgan fingerprint density at radius 1 is 1.09 bits per heavy atom. The number of aromatic nitrogens is 4. The van der Waals surface area contributed by atoms with Gasteiger partial charge in [0, 0.05) is 43.8 Å². The molecule has 44 heavy (non-hydrogen) atoms. The summed E-state index contributed by atoms with van der Waals surface area (Å²) in [5, 5.41) is 6.48. The van der Waals surface area contributed by atoms with Gasteiger partial charge in [0.1, 0.15) is 10.4 Å². The summed E-state index contributed by atoms with van der Waals surface area (Å²) in [7, 11) is -3.94. The third-order valence-corrected chi connectivity index (χ3v) is 11.8. The number of hydrogen-bond acceptors (Lipinski definition) is 12. The molecular weight excluding hydrogens is 621 g/mol. The Morgan fingerprint density at radius 3 is 2.57 bits per heavy atom. The molecule has 4 fully saturated rings. The zero-order valence-electron chi connectivity index (χ0n) is 23.2. The highest BCUT2D eigenvalue weighted by atomic mass is 32.2. The number of carbonyl (C=O) groups is 1. The van der Waals surface area contributed by atoms with E-state index in [9.17, 15) is 26.4 Å². The van der Waals surface area contributed by atoms with Crippen LogP contribution in [0.4, 0.5) is 30.8 Å². The van der Waals surface area contributed by atoms with Gasteiger partial charge in [-0.3, -0.25) is 4.79 Å². The number of fused-ring (bicyclic) bond motifs is 3. The summed E-state index contributed by atoms with van der Waals surface area (Å²) in [6, 6.07) is 1.60. The lowest BCUT2D eigenvalue weighted by Gasteiger charge is -2.36. The number of carbonyl (C=O) groups excluding carboxylic acids is 1. The number of thiophene rings is 1. The number of hydrogen-bond donors (Lipinski definition) is 2. The van der Waals surface area contributed by atoms with Crippen LogP contribution >= 0.6 is 11.3 Å². The first-order chi connectivity index (χ1) is 21.0. The Labute approximate surface area is 254 Å². The van der Waals surface area contributed by atoms with Crippen molar-refractivity contribution in [2.24, 2.45) is 0 Å².